The summed E-state index contributed by atoms with van der Waals surface area (Å²) in [5.74, 6) is 1.26. The summed E-state index contributed by atoms with van der Waals surface area (Å²) in [5.41, 5.74) is 7.30. The Morgan fingerprint density at radius 2 is 1.79 bits per heavy atom. The molecular weight excluding hydrogens is 298 g/mol. The molecule has 0 radical (unpaired) electrons. The molecule has 1 aromatic carbocycles. The van der Waals surface area contributed by atoms with Crippen molar-refractivity contribution < 1.29 is 0 Å². The summed E-state index contributed by atoms with van der Waals surface area (Å²) in [5, 5.41) is 3.23. The lowest BCUT2D eigenvalue weighted by Crippen LogP contribution is -2.48. The lowest BCUT2D eigenvalue weighted by Gasteiger charge is -2.34. The highest BCUT2D eigenvalue weighted by Crippen LogP contribution is 2.07. The van der Waals surface area contributed by atoms with Gasteiger partial charge in [0, 0.05) is 52.4 Å². The zero-order chi connectivity index (χ0) is 17.2. The van der Waals surface area contributed by atoms with Gasteiger partial charge in [0.15, 0.2) is 5.96 Å². The highest BCUT2D eigenvalue weighted by molar-refractivity contribution is 5.77. The van der Waals surface area contributed by atoms with Gasteiger partial charge in [-0.25, -0.2) is 0 Å². The first-order chi connectivity index (χ1) is 11.6. The van der Waals surface area contributed by atoms with E-state index in [-0.39, 0.29) is 0 Å². The molecule has 24 heavy (non-hydrogen) atoms. The van der Waals surface area contributed by atoms with Gasteiger partial charge in [0.25, 0.3) is 0 Å². The fraction of sp³-hybridized carbons (Fsp3) is 0.632. The van der Waals surface area contributed by atoms with Gasteiger partial charge in [-0.1, -0.05) is 44.2 Å². The summed E-state index contributed by atoms with van der Waals surface area (Å²) in [6, 6.07) is 10.7. The van der Waals surface area contributed by atoms with E-state index in [0.29, 0.717) is 11.9 Å². The molecule has 0 amide bonds. The minimum absolute atomic E-state index is 0.582. The maximum Gasteiger partial charge on any atom is 0.188 e. The number of nitrogens with two attached hydrogens (primary N) is 1. The highest BCUT2D eigenvalue weighted by Gasteiger charge is 2.16. The highest BCUT2D eigenvalue weighted by atomic mass is 15.3. The number of guanidine groups is 1. The van der Waals surface area contributed by atoms with Crippen molar-refractivity contribution in [2.24, 2.45) is 16.6 Å². The molecule has 1 saturated heterocycles. The predicted octanol–water partition coefficient (Wildman–Crippen LogP) is 1.75. The number of nitrogens with zero attached hydrogens (tertiary/aromatic N) is 3. The summed E-state index contributed by atoms with van der Waals surface area (Å²) < 4.78 is 0. The second kappa shape index (κ2) is 10.3. The number of benzene rings is 1. The Morgan fingerprint density at radius 1 is 1.12 bits per heavy atom. The number of rotatable bonds is 8. The van der Waals surface area contributed by atoms with Gasteiger partial charge in [-0.15, -0.1) is 0 Å². The van der Waals surface area contributed by atoms with Crippen LogP contribution in [-0.4, -0.2) is 61.6 Å². The van der Waals surface area contributed by atoms with Crippen LogP contribution in [0.1, 0.15) is 25.8 Å². The zero-order valence-corrected chi connectivity index (χ0v) is 15.2. The Kier molecular flexibility index (Phi) is 8.05. The molecule has 5 heteroatoms. The fourth-order valence-electron chi connectivity index (χ4n) is 2.85. The van der Waals surface area contributed by atoms with Crippen LogP contribution in [0.3, 0.4) is 0 Å². The number of aliphatic imine (C=N–C) groups is 1. The minimum atomic E-state index is 0.582. The molecule has 1 aliphatic rings. The van der Waals surface area contributed by atoms with Crippen LogP contribution in [0.5, 0.6) is 0 Å². The molecular formula is C19H33N5. The average molecular weight is 332 g/mol. The summed E-state index contributed by atoms with van der Waals surface area (Å²) >= 11 is 0. The van der Waals surface area contributed by atoms with Crippen molar-refractivity contribution in [2.45, 2.75) is 26.8 Å². The zero-order valence-electron chi connectivity index (χ0n) is 15.2. The topological polar surface area (TPSA) is 56.9 Å². The van der Waals surface area contributed by atoms with Gasteiger partial charge in [0.05, 0.1) is 0 Å². The molecule has 0 unspecified atom stereocenters. The number of hydrogen-bond acceptors (Lipinski definition) is 3. The third kappa shape index (κ3) is 7.32. The first kappa shape index (κ1) is 18.7. The quantitative estimate of drug-likeness (QED) is 0.563. The number of nitrogens with one attached hydrogen (secondary N) is 1. The predicted molar refractivity (Wildman–Crippen MR) is 102 cm³/mol. The van der Waals surface area contributed by atoms with Crippen molar-refractivity contribution in [3.05, 3.63) is 35.9 Å². The Hall–Kier alpha value is -1.59. The van der Waals surface area contributed by atoms with Crippen molar-refractivity contribution in [2.75, 3.05) is 45.8 Å². The maximum atomic E-state index is 5.90. The van der Waals surface area contributed by atoms with E-state index in [1.807, 2.05) is 0 Å². The maximum absolute atomic E-state index is 5.90. The molecule has 1 fully saturated rings. The second-order valence-corrected chi connectivity index (χ2v) is 6.98. The second-order valence-electron chi connectivity index (χ2n) is 6.98. The van der Waals surface area contributed by atoms with E-state index in [9.17, 15) is 0 Å². The standard InChI is InChI=1S/C19H33N5/c1-17(2)8-9-21-19(20)22-10-11-23-12-14-24(15-13-23)16-18-6-4-3-5-7-18/h3-7,17H,8-16H2,1-2H3,(H3,20,21,22). The van der Waals surface area contributed by atoms with Gasteiger partial charge in [-0.05, 0) is 17.9 Å². The lowest BCUT2D eigenvalue weighted by molar-refractivity contribution is 0.129. The van der Waals surface area contributed by atoms with Crippen molar-refractivity contribution in [1.29, 1.82) is 0 Å². The van der Waals surface area contributed by atoms with Crippen LogP contribution in [-0.2, 0) is 6.54 Å². The minimum Gasteiger partial charge on any atom is -0.370 e. The van der Waals surface area contributed by atoms with Crippen molar-refractivity contribution >= 4 is 5.96 Å². The van der Waals surface area contributed by atoms with E-state index in [1.54, 1.807) is 0 Å². The van der Waals surface area contributed by atoms with Crippen molar-refractivity contribution in [1.82, 2.24) is 15.1 Å². The van der Waals surface area contributed by atoms with Crippen LogP contribution in [0.2, 0.25) is 0 Å². The van der Waals surface area contributed by atoms with E-state index in [1.165, 1.54) is 5.56 Å². The van der Waals surface area contributed by atoms with Gasteiger partial charge in [0.1, 0.15) is 0 Å². The molecule has 1 aromatic rings. The van der Waals surface area contributed by atoms with Crippen LogP contribution in [0.4, 0.5) is 0 Å². The first-order valence-corrected chi connectivity index (χ1v) is 9.16. The monoisotopic (exact) mass is 331 g/mol. The molecule has 2 rings (SSSR count). The third-order valence-electron chi connectivity index (χ3n) is 4.44. The average Bonchev–Trinajstić information content (AvgIpc) is 2.57. The Labute approximate surface area is 146 Å². The van der Waals surface area contributed by atoms with E-state index in [2.05, 4.69) is 64.3 Å². The van der Waals surface area contributed by atoms with E-state index in [0.717, 1.165) is 58.8 Å². The molecule has 134 valence electrons. The Morgan fingerprint density at radius 3 is 2.46 bits per heavy atom. The largest absolute Gasteiger partial charge is 0.370 e. The molecule has 5 nitrogen and oxygen atoms in total. The van der Waals surface area contributed by atoms with Crippen LogP contribution < -0.4 is 11.1 Å². The molecule has 0 aromatic heterocycles. The summed E-state index contributed by atoms with van der Waals surface area (Å²) in [4.78, 5) is 9.39. The molecule has 3 N–H and O–H groups in total. The third-order valence-corrected chi connectivity index (χ3v) is 4.44. The fourth-order valence-corrected chi connectivity index (χ4v) is 2.85. The van der Waals surface area contributed by atoms with Gasteiger partial charge in [-0.2, -0.15) is 0 Å². The summed E-state index contributed by atoms with van der Waals surface area (Å²) in [6.07, 6.45) is 1.09. The van der Waals surface area contributed by atoms with E-state index >= 15 is 0 Å². The summed E-state index contributed by atoms with van der Waals surface area (Å²) in [7, 11) is 0. The summed E-state index contributed by atoms with van der Waals surface area (Å²) in [6.45, 7) is 12.7. The number of hydrogen-bond donors (Lipinski definition) is 2. The van der Waals surface area contributed by atoms with Gasteiger partial charge in [-0.3, -0.25) is 14.8 Å². The van der Waals surface area contributed by atoms with Crippen molar-refractivity contribution in [3.63, 3.8) is 0 Å². The van der Waals surface area contributed by atoms with E-state index < -0.39 is 0 Å². The van der Waals surface area contributed by atoms with Crippen LogP contribution in [0, 0.1) is 5.92 Å². The number of piperazine rings is 1. The first-order valence-electron chi connectivity index (χ1n) is 9.16. The van der Waals surface area contributed by atoms with Crippen LogP contribution in [0.25, 0.3) is 0 Å². The lowest BCUT2D eigenvalue weighted by atomic mass is 10.1. The van der Waals surface area contributed by atoms with Crippen LogP contribution in [0.15, 0.2) is 35.3 Å². The van der Waals surface area contributed by atoms with Gasteiger partial charge < -0.3 is 11.1 Å². The van der Waals surface area contributed by atoms with Gasteiger partial charge in [0.2, 0.25) is 0 Å². The van der Waals surface area contributed by atoms with Gasteiger partial charge >= 0.3 is 0 Å². The SMILES string of the molecule is CC(C)CCN=C(N)NCCN1CCN(Cc2ccccc2)CC1. The Balaban J connectivity index is 1.58. The molecule has 1 heterocycles. The molecule has 0 bridgehead atoms. The molecule has 0 aliphatic carbocycles. The molecule has 0 atom stereocenters. The van der Waals surface area contributed by atoms with Crippen molar-refractivity contribution in [3.8, 4) is 0 Å². The molecule has 0 spiro atoms. The molecule has 1 aliphatic heterocycles. The smallest absolute Gasteiger partial charge is 0.188 e. The van der Waals surface area contributed by atoms with Crippen LogP contribution >= 0.6 is 0 Å². The Bertz CT molecular complexity index is 478. The molecule has 0 saturated carbocycles. The van der Waals surface area contributed by atoms with E-state index in [4.69, 9.17) is 5.73 Å². The normalized spacial score (nSPS) is 17.4.